The summed E-state index contributed by atoms with van der Waals surface area (Å²) >= 11 is 0. The van der Waals surface area contributed by atoms with Crippen molar-refractivity contribution in [2.24, 2.45) is 5.73 Å². The summed E-state index contributed by atoms with van der Waals surface area (Å²) in [6, 6.07) is -9.05. The van der Waals surface area contributed by atoms with Crippen LogP contribution in [0.2, 0.25) is 0 Å². The van der Waals surface area contributed by atoms with Crippen LogP contribution < -0.4 is 32.3 Å². The number of carbonyl (C=O) groups excluding carboxylic acids is 6. The number of carboxylic acids is 1. The average Bonchev–Trinajstić information content (AvgIpc) is 3.48. The van der Waals surface area contributed by atoms with Crippen molar-refractivity contribution in [1.29, 1.82) is 0 Å². The lowest BCUT2D eigenvalue weighted by molar-refractivity contribution is -0.149. The van der Waals surface area contributed by atoms with Crippen LogP contribution in [0.5, 0.6) is 0 Å². The molecular formula is C22H37N7O13. The van der Waals surface area contributed by atoms with Gasteiger partial charge >= 0.3 is 5.97 Å². The summed E-state index contributed by atoms with van der Waals surface area (Å²) in [5.74, 6) is -7.44. The zero-order valence-electron chi connectivity index (χ0n) is 22.4. The number of aliphatic hydroxyl groups excluding tert-OH is 5. The molecular weight excluding hydrogens is 570 g/mol. The van der Waals surface area contributed by atoms with Crippen molar-refractivity contribution in [1.82, 2.24) is 31.5 Å². The smallest absolute Gasteiger partial charge is 0.326 e. The fourth-order valence-corrected chi connectivity index (χ4v) is 3.70. The molecule has 0 aromatic heterocycles. The molecule has 0 bridgehead atoms. The lowest BCUT2D eigenvalue weighted by Crippen LogP contribution is -2.60. The first kappa shape index (κ1) is 36.1. The highest BCUT2D eigenvalue weighted by Gasteiger charge is 2.37. The number of hydrogen-bond donors (Lipinski definition) is 12. The van der Waals surface area contributed by atoms with E-state index >= 15 is 0 Å². The first-order valence-electron chi connectivity index (χ1n) is 12.7. The molecule has 0 aromatic carbocycles. The summed E-state index contributed by atoms with van der Waals surface area (Å²) in [5, 5.41) is 66.3. The molecule has 0 aliphatic carbocycles. The summed E-state index contributed by atoms with van der Waals surface area (Å²) in [7, 11) is 0. The van der Waals surface area contributed by atoms with Crippen molar-refractivity contribution in [2.45, 2.75) is 49.1 Å². The molecule has 0 spiro atoms. The first-order chi connectivity index (χ1) is 19.8. The van der Waals surface area contributed by atoms with Crippen molar-refractivity contribution in [3.8, 4) is 0 Å². The lowest BCUT2D eigenvalue weighted by atomic mass is 10.2. The van der Waals surface area contributed by atoms with Crippen LogP contribution in [0.15, 0.2) is 0 Å². The Bertz CT molecular complexity index is 998. The third kappa shape index (κ3) is 10.5. The molecule has 1 aliphatic rings. The van der Waals surface area contributed by atoms with Gasteiger partial charge < -0.3 is 67.9 Å². The van der Waals surface area contributed by atoms with E-state index in [1.54, 1.807) is 0 Å². The molecule has 1 heterocycles. The molecule has 0 aromatic rings. The second-order valence-electron chi connectivity index (χ2n) is 9.07. The van der Waals surface area contributed by atoms with Gasteiger partial charge in [0.2, 0.25) is 35.4 Å². The summed E-state index contributed by atoms with van der Waals surface area (Å²) in [6.07, 6.45) is 0.619. The summed E-state index contributed by atoms with van der Waals surface area (Å²) in [5.41, 5.74) is 5.31. The van der Waals surface area contributed by atoms with Gasteiger partial charge in [-0.3, -0.25) is 28.8 Å². The molecule has 6 atom stereocenters. The van der Waals surface area contributed by atoms with Gasteiger partial charge in [0.05, 0.1) is 39.6 Å². The number of nitrogens with two attached hydrogens (primary N) is 1. The zero-order chi connectivity index (χ0) is 32.0. The van der Waals surface area contributed by atoms with Crippen molar-refractivity contribution >= 4 is 41.4 Å². The Morgan fingerprint density at radius 1 is 0.690 bits per heavy atom. The molecule has 1 saturated heterocycles. The van der Waals surface area contributed by atoms with Gasteiger partial charge in [0.15, 0.2) is 0 Å². The maximum absolute atomic E-state index is 12.6. The number of carboxylic acid groups (broad SMARTS) is 1. The topological polar surface area (TPSA) is 330 Å². The maximum atomic E-state index is 12.6. The first-order valence-corrected chi connectivity index (χ1v) is 12.7. The SMILES string of the molecule is N[C@@H](CO)C(=O)N[C@@H](CO)C(=O)N[C@@H](CO)C(=O)N[C@@H](CO)C(=O)NCC(=O)N[C@@H](CO)C(=O)N1CCC[C@H]1C(=O)O. The number of carbonyl (C=O) groups is 7. The molecule has 0 radical (unpaired) electrons. The Hall–Kier alpha value is -3.95. The minimum absolute atomic E-state index is 0.110. The average molecular weight is 608 g/mol. The van der Waals surface area contributed by atoms with Crippen LogP contribution in [-0.4, -0.2) is 159 Å². The Morgan fingerprint density at radius 3 is 1.62 bits per heavy atom. The van der Waals surface area contributed by atoms with Crippen molar-refractivity contribution in [2.75, 3.05) is 46.1 Å². The second-order valence-corrected chi connectivity index (χ2v) is 9.07. The monoisotopic (exact) mass is 607 g/mol. The Labute approximate surface area is 238 Å². The summed E-state index contributed by atoms with van der Waals surface area (Å²) in [6.45, 7) is -5.25. The molecule has 238 valence electrons. The normalized spacial score (nSPS) is 18.0. The largest absolute Gasteiger partial charge is 0.480 e. The molecule has 20 heteroatoms. The van der Waals surface area contributed by atoms with Gasteiger partial charge in [-0.25, -0.2) is 4.79 Å². The number of likely N-dealkylation sites (tertiary alicyclic amines) is 1. The number of aliphatic hydroxyl groups is 5. The van der Waals surface area contributed by atoms with Crippen LogP contribution in [0.1, 0.15) is 12.8 Å². The minimum atomic E-state index is -1.73. The fraction of sp³-hybridized carbons (Fsp3) is 0.682. The Kier molecular flexibility index (Phi) is 15.3. The van der Waals surface area contributed by atoms with E-state index in [2.05, 4.69) is 10.6 Å². The van der Waals surface area contributed by atoms with E-state index in [-0.39, 0.29) is 13.0 Å². The van der Waals surface area contributed by atoms with Crippen LogP contribution in [0.3, 0.4) is 0 Å². The highest BCUT2D eigenvalue weighted by molar-refractivity contribution is 5.96. The minimum Gasteiger partial charge on any atom is -0.480 e. The highest BCUT2D eigenvalue weighted by atomic mass is 16.4. The molecule has 13 N–H and O–H groups in total. The van der Waals surface area contributed by atoms with Crippen LogP contribution in [0, 0.1) is 0 Å². The van der Waals surface area contributed by atoms with Crippen LogP contribution >= 0.6 is 0 Å². The fourth-order valence-electron chi connectivity index (χ4n) is 3.70. The zero-order valence-corrected chi connectivity index (χ0v) is 22.4. The van der Waals surface area contributed by atoms with E-state index in [1.165, 1.54) is 0 Å². The molecule has 42 heavy (non-hydrogen) atoms. The van der Waals surface area contributed by atoms with Crippen LogP contribution in [0.4, 0.5) is 0 Å². The van der Waals surface area contributed by atoms with Crippen LogP contribution in [-0.2, 0) is 33.6 Å². The van der Waals surface area contributed by atoms with Gasteiger partial charge in [0, 0.05) is 6.54 Å². The third-order valence-corrected chi connectivity index (χ3v) is 6.04. The molecule has 20 nitrogen and oxygen atoms in total. The van der Waals surface area contributed by atoms with Gasteiger partial charge in [-0.1, -0.05) is 0 Å². The van der Waals surface area contributed by atoms with Gasteiger partial charge in [0.1, 0.15) is 36.3 Å². The number of nitrogens with one attached hydrogen (secondary N) is 5. The predicted molar refractivity (Wildman–Crippen MR) is 137 cm³/mol. The van der Waals surface area contributed by atoms with Gasteiger partial charge in [-0.15, -0.1) is 0 Å². The predicted octanol–water partition coefficient (Wildman–Crippen LogP) is -8.59. The Morgan fingerprint density at radius 2 is 1.17 bits per heavy atom. The Balaban J connectivity index is 2.69. The highest BCUT2D eigenvalue weighted by Crippen LogP contribution is 2.18. The van der Waals surface area contributed by atoms with Crippen molar-refractivity contribution < 1.29 is 64.2 Å². The molecule has 0 saturated carbocycles. The third-order valence-electron chi connectivity index (χ3n) is 6.04. The number of nitrogens with zero attached hydrogens (tertiary/aromatic N) is 1. The van der Waals surface area contributed by atoms with E-state index in [4.69, 9.17) is 10.8 Å². The number of rotatable bonds is 17. The lowest BCUT2D eigenvalue weighted by Gasteiger charge is -2.26. The summed E-state index contributed by atoms with van der Waals surface area (Å²) < 4.78 is 0. The van der Waals surface area contributed by atoms with Gasteiger partial charge in [0.25, 0.3) is 0 Å². The van der Waals surface area contributed by atoms with E-state index in [0.29, 0.717) is 6.42 Å². The molecule has 0 unspecified atom stereocenters. The summed E-state index contributed by atoms with van der Waals surface area (Å²) in [4.78, 5) is 86.2. The quantitative estimate of drug-likeness (QED) is 0.0730. The van der Waals surface area contributed by atoms with E-state index in [9.17, 15) is 59.1 Å². The van der Waals surface area contributed by atoms with E-state index in [0.717, 1.165) is 4.90 Å². The van der Waals surface area contributed by atoms with Crippen LogP contribution in [0.25, 0.3) is 0 Å². The van der Waals surface area contributed by atoms with Gasteiger partial charge in [-0.2, -0.15) is 0 Å². The molecule has 1 rings (SSSR count). The molecule has 1 aliphatic heterocycles. The number of aliphatic carboxylic acids is 1. The standard InChI is InChI=1S/C22H37N7O13/c23-10(5-30)17(36)26-12(7-32)19(38)28-13(8-33)20(39)27-11(6-31)18(37)24-4-16(35)25-14(9-34)21(40)29-3-1-2-15(29)22(41)42/h10-15,30-34H,1-9,23H2,(H,24,37)(H,25,35)(H,26,36)(H,27,39)(H,28,38)(H,41,42)/t10-,11-,12-,13-,14-,15-/m0/s1. The van der Waals surface area contributed by atoms with E-state index < -0.39 is 117 Å². The van der Waals surface area contributed by atoms with Crippen molar-refractivity contribution in [3.05, 3.63) is 0 Å². The van der Waals surface area contributed by atoms with Crippen molar-refractivity contribution in [3.63, 3.8) is 0 Å². The van der Waals surface area contributed by atoms with E-state index in [1.807, 2.05) is 16.0 Å². The molecule has 1 fully saturated rings. The second kappa shape index (κ2) is 17.8. The molecule has 6 amide bonds. The number of amides is 6. The maximum Gasteiger partial charge on any atom is 0.326 e. The number of hydrogen-bond acceptors (Lipinski definition) is 13. The van der Waals surface area contributed by atoms with Gasteiger partial charge in [-0.05, 0) is 12.8 Å².